The van der Waals surface area contributed by atoms with Crippen molar-refractivity contribution in [1.29, 1.82) is 0 Å². The molecule has 2 atom stereocenters. The molecule has 0 bridgehead atoms. The zero-order valence-electron chi connectivity index (χ0n) is 21.9. The zero-order chi connectivity index (χ0) is 27.6. The number of ether oxygens (including phenoxy) is 1. The smallest absolute Gasteiger partial charge is 0.416 e. The van der Waals surface area contributed by atoms with Crippen LogP contribution in [0.15, 0.2) is 54.9 Å². The van der Waals surface area contributed by atoms with E-state index in [4.69, 9.17) is 4.74 Å². The average Bonchev–Trinajstić information content (AvgIpc) is 3.57. The molecule has 1 saturated heterocycles. The van der Waals surface area contributed by atoms with Crippen molar-refractivity contribution in [3.05, 3.63) is 65.4 Å². The average molecular weight is 560 g/mol. The number of aromatic nitrogens is 3. The van der Waals surface area contributed by atoms with Crippen LogP contribution in [0.5, 0.6) is 5.75 Å². The molecule has 208 valence electrons. The standard InChI is InChI=1S/C28H32F3N5O2S/c1-3-26-33-24-16-23(8-9-25(24)39-26)38-27(19(2)37)35-13-10-34(11-14-35)12-15-36-18-21(17-32-36)20-4-6-22(7-5-20)28(29,30)31/h4-9,16-19,27,37H,3,10-15H2,1-2H3. The molecular formula is C28H32F3N5O2S. The van der Waals surface area contributed by atoms with Crippen LogP contribution in [-0.2, 0) is 19.1 Å². The number of aryl methyl sites for hydroxylation is 1. The van der Waals surface area contributed by atoms with Gasteiger partial charge in [-0.3, -0.25) is 14.5 Å². The van der Waals surface area contributed by atoms with Gasteiger partial charge in [-0.25, -0.2) is 4.98 Å². The lowest BCUT2D eigenvalue weighted by Crippen LogP contribution is -2.55. The van der Waals surface area contributed by atoms with Crippen LogP contribution in [0.3, 0.4) is 0 Å². The fraction of sp³-hybridized carbons (Fsp3) is 0.429. The third kappa shape index (κ3) is 6.60. The predicted octanol–water partition coefficient (Wildman–Crippen LogP) is 5.14. The van der Waals surface area contributed by atoms with Gasteiger partial charge in [-0.1, -0.05) is 19.1 Å². The fourth-order valence-corrected chi connectivity index (χ4v) is 5.66. The zero-order valence-corrected chi connectivity index (χ0v) is 22.8. The maximum atomic E-state index is 12.8. The molecule has 2 unspecified atom stereocenters. The number of rotatable bonds is 9. The van der Waals surface area contributed by atoms with Crippen LogP contribution >= 0.6 is 11.3 Å². The summed E-state index contributed by atoms with van der Waals surface area (Å²) in [5.74, 6) is 0.700. The Morgan fingerprint density at radius 2 is 1.77 bits per heavy atom. The first kappa shape index (κ1) is 27.6. The van der Waals surface area contributed by atoms with E-state index in [9.17, 15) is 18.3 Å². The second-order valence-electron chi connectivity index (χ2n) is 9.78. The van der Waals surface area contributed by atoms with Gasteiger partial charge in [0.05, 0.1) is 33.5 Å². The van der Waals surface area contributed by atoms with Crippen molar-refractivity contribution in [3.63, 3.8) is 0 Å². The van der Waals surface area contributed by atoms with Crippen molar-refractivity contribution in [1.82, 2.24) is 24.6 Å². The lowest BCUT2D eigenvalue weighted by Gasteiger charge is -2.40. The third-order valence-electron chi connectivity index (χ3n) is 6.97. The summed E-state index contributed by atoms with van der Waals surface area (Å²) in [7, 11) is 0. The van der Waals surface area contributed by atoms with E-state index in [0.717, 1.165) is 72.1 Å². The summed E-state index contributed by atoms with van der Waals surface area (Å²) in [6, 6.07) is 11.0. The van der Waals surface area contributed by atoms with E-state index >= 15 is 0 Å². The van der Waals surface area contributed by atoms with Crippen molar-refractivity contribution in [2.75, 3.05) is 32.7 Å². The number of hydrogen-bond acceptors (Lipinski definition) is 7. The van der Waals surface area contributed by atoms with E-state index in [1.165, 1.54) is 12.1 Å². The summed E-state index contributed by atoms with van der Waals surface area (Å²) in [5.41, 5.74) is 1.75. The molecule has 3 heterocycles. The molecule has 39 heavy (non-hydrogen) atoms. The molecule has 11 heteroatoms. The summed E-state index contributed by atoms with van der Waals surface area (Å²) in [6.07, 6.45) is -1.02. The predicted molar refractivity (Wildman–Crippen MR) is 146 cm³/mol. The van der Waals surface area contributed by atoms with E-state index in [2.05, 4.69) is 26.8 Å². The van der Waals surface area contributed by atoms with Gasteiger partial charge in [0.15, 0.2) is 6.23 Å². The summed E-state index contributed by atoms with van der Waals surface area (Å²) >= 11 is 1.69. The van der Waals surface area contributed by atoms with E-state index in [1.54, 1.807) is 24.5 Å². The molecule has 5 rings (SSSR count). The van der Waals surface area contributed by atoms with Crippen molar-refractivity contribution >= 4 is 21.6 Å². The van der Waals surface area contributed by atoms with Gasteiger partial charge in [-0.15, -0.1) is 11.3 Å². The van der Waals surface area contributed by atoms with Gasteiger partial charge in [0.1, 0.15) is 11.9 Å². The lowest BCUT2D eigenvalue weighted by atomic mass is 10.1. The number of hydrogen-bond donors (Lipinski definition) is 1. The Bertz CT molecular complexity index is 1380. The maximum Gasteiger partial charge on any atom is 0.416 e. The normalized spacial score (nSPS) is 17.0. The van der Waals surface area contributed by atoms with Gasteiger partial charge < -0.3 is 9.84 Å². The molecule has 0 spiro atoms. The van der Waals surface area contributed by atoms with Crippen molar-refractivity contribution in [2.24, 2.45) is 0 Å². The SMILES string of the molecule is CCc1nc2cc(OC(C(C)O)N3CCN(CCn4cc(-c5ccc(C(F)(F)F)cc5)cn4)CC3)ccc2s1. The minimum absolute atomic E-state index is 0.453. The van der Waals surface area contributed by atoms with Gasteiger partial charge >= 0.3 is 6.18 Å². The Balaban J connectivity index is 1.13. The molecule has 1 fully saturated rings. The first-order valence-electron chi connectivity index (χ1n) is 13.1. The van der Waals surface area contributed by atoms with Gasteiger partial charge in [0.2, 0.25) is 0 Å². The van der Waals surface area contributed by atoms with Crippen molar-refractivity contribution in [2.45, 2.75) is 45.3 Å². The highest BCUT2D eigenvalue weighted by molar-refractivity contribution is 7.18. The minimum atomic E-state index is -4.34. The van der Waals surface area contributed by atoms with Crippen LogP contribution < -0.4 is 4.74 Å². The monoisotopic (exact) mass is 559 g/mol. The van der Waals surface area contributed by atoms with Crippen molar-refractivity contribution in [3.8, 4) is 16.9 Å². The van der Waals surface area contributed by atoms with Crippen LogP contribution in [0.1, 0.15) is 24.4 Å². The number of halogens is 3. The molecule has 2 aromatic carbocycles. The number of aliphatic hydroxyl groups excluding tert-OH is 1. The molecule has 0 saturated carbocycles. The number of piperazine rings is 1. The molecule has 7 nitrogen and oxygen atoms in total. The van der Waals surface area contributed by atoms with Gasteiger partial charge in [0.25, 0.3) is 0 Å². The number of alkyl halides is 3. The van der Waals surface area contributed by atoms with E-state index < -0.39 is 24.1 Å². The Kier molecular flexibility index (Phi) is 8.22. The topological polar surface area (TPSA) is 66.7 Å². The number of thiazole rings is 1. The molecule has 1 aliphatic heterocycles. The summed E-state index contributed by atoms with van der Waals surface area (Å²) in [6.45, 7) is 8.46. The first-order valence-corrected chi connectivity index (χ1v) is 13.9. The Hall–Kier alpha value is -2.99. The molecule has 1 N–H and O–H groups in total. The van der Waals surface area contributed by atoms with E-state index in [-0.39, 0.29) is 0 Å². The molecule has 0 radical (unpaired) electrons. The van der Waals surface area contributed by atoms with E-state index in [0.29, 0.717) is 17.9 Å². The third-order valence-corrected chi connectivity index (χ3v) is 8.15. The summed E-state index contributed by atoms with van der Waals surface area (Å²) < 4.78 is 47.7. The molecule has 0 aliphatic carbocycles. The van der Waals surface area contributed by atoms with Crippen LogP contribution in [0.2, 0.25) is 0 Å². The largest absolute Gasteiger partial charge is 0.472 e. The minimum Gasteiger partial charge on any atom is -0.472 e. The number of benzene rings is 2. The van der Waals surface area contributed by atoms with Crippen LogP contribution in [-0.4, -0.2) is 74.7 Å². The van der Waals surface area contributed by atoms with E-state index in [1.807, 2.05) is 29.1 Å². The Morgan fingerprint density at radius 1 is 1.03 bits per heavy atom. The van der Waals surface area contributed by atoms with Crippen molar-refractivity contribution < 1.29 is 23.0 Å². The number of fused-ring (bicyclic) bond motifs is 1. The van der Waals surface area contributed by atoms with Gasteiger partial charge in [0, 0.05) is 50.6 Å². The maximum absolute atomic E-state index is 12.8. The molecular weight excluding hydrogens is 527 g/mol. The number of nitrogens with zero attached hydrogens (tertiary/aromatic N) is 5. The number of aliphatic hydroxyl groups is 1. The first-order chi connectivity index (χ1) is 18.7. The van der Waals surface area contributed by atoms with Crippen LogP contribution in [0.25, 0.3) is 21.3 Å². The van der Waals surface area contributed by atoms with Crippen LogP contribution in [0.4, 0.5) is 13.2 Å². The Labute approximate surface area is 229 Å². The highest BCUT2D eigenvalue weighted by atomic mass is 32.1. The van der Waals surface area contributed by atoms with Gasteiger partial charge in [-0.2, -0.15) is 18.3 Å². The molecule has 1 aliphatic rings. The van der Waals surface area contributed by atoms with Gasteiger partial charge in [-0.05, 0) is 43.2 Å². The second kappa shape index (κ2) is 11.6. The quantitative estimate of drug-likeness (QED) is 0.306. The second-order valence-corrected chi connectivity index (χ2v) is 10.9. The lowest BCUT2D eigenvalue weighted by molar-refractivity contribution is -0.137. The summed E-state index contributed by atoms with van der Waals surface area (Å²) in [4.78, 5) is 9.15. The molecule has 0 amide bonds. The highest BCUT2D eigenvalue weighted by Gasteiger charge is 2.30. The Morgan fingerprint density at radius 3 is 2.44 bits per heavy atom. The summed E-state index contributed by atoms with van der Waals surface area (Å²) in [5, 5.41) is 16.0. The highest BCUT2D eigenvalue weighted by Crippen LogP contribution is 2.31. The fourth-order valence-electron chi connectivity index (χ4n) is 4.77. The molecule has 2 aromatic heterocycles. The van der Waals surface area contributed by atoms with Crippen LogP contribution in [0, 0.1) is 0 Å². The molecule has 4 aromatic rings.